The Bertz CT molecular complexity index is 868. The molecule has 1 aromatic heterocycles. The molecule has 144 valence electrons. The van der Waals surface area contributed by atoms with E-state index in [2.05, 4.69) is 5.32 Å². The van der Waals surface area contributed by atoms with Crippen molar-refractivity contribution in [1.82, 2.24) is 5.32 Å². The van der Waals surface area contributed by atoms with Gasteiger partial charge >= 0.3 is 12.1 Å². The SMILES string of the molecule is Cc1coc(CC(=O)O)c1C(=O)NC(c1cccc(C(F)(F)F)c1)C1CC1. The van der Waals surface area contributed by atoms with Gasteiger partial charge < -0.3 is 14.8 Å². The van der Waals surface area contributed by atoms with Gasteiger partial charge in [0.25, 0.3) is 5.91 Å². The summed E-state index contributed by atoms with van der Waals surface area (Å²) in [5.74, 6) is -1.62. The summed E-state index contributed by atoms with van der Waals surface area (Å²) in [5, 5.41) is 11.7. The number of furan rings is 1. The average molecular weight is 381 g/mol. The molecule has 1 atom stereocenters. The molecule has 0 radical (unpaired) electrons. The van der Waals surface area contributed by atoms with E-state index < -0.39 is 36.1 Å². The van der Waals surface area contributed by atoms with Gasteiger partial charge in [0.05, 0.1) is 23.4 Å². The second kappa shape index (κ2) is 7.09. The predicted molar refractivity (Wildman–Crippen MR) is 89.2 cm³/mol. The molecular weight excluding hydrogens is 363 g/mol. The molecule has 2 aromatic rings. The lowest BCUT2D eigenvalue weighted by molar-refractivity contribution is -0.138. The number of halogens is 3. The number of nitrogens with one attached hydrogen (secondary N) is 1. The first-order chi connectivity index (χ1) is 12.7. The van der Waals surface area contributed by atoms with E-state index in [1.54, 1.807) is 13.0 Å². The molecule has 1 fully saturated rings. The van der Waals surface area contributed by atoms with Crippen LogP contribution in [0, 0.1) is 12.8 Å². The molecule has 0 bridgehead atoms. The highest BCUT2D eigenvalue weighted by molar-refractivity contribution is 5.97. The number of aryl methyl sites for hydroxylation is 1. The van der Waals surface area contributed by atoms with Crippen LogP contribution in [0.2, 0.25) is 0 Å². The van der Waals surface area contributed by atoms with Crippen molar-refractivity contribution in [2.45, 2.75) is 38.4 Å². The number of carboxylic acids is 1. The molecule has 27 heavy (non-hydrogen) atoms. The summed E-state index contributed by atoms with van der Waals surface area (Å²) < 4.78 is 44.2. The molecule has 0 saturated heterocycles. The predicted octanol–water partition coefficient (Wildman–Crippen LogP) is 4.12. The van der Waals surface area contributed by atoms with Crippen molar-refractivity contribution in [3.63, 3.8) is 0 Å². The number of alkyl halides is 3. The summed E-state index contributed by atoms with van der Waals surface area (Å²) in [6.07, 6.45) is -2.02. The normalized spacial score (nSPS) is 15.4. The minimum Gasteiger partial charge on any atom is -0.481 e. The van der Waals surface area contributed by atoms with Gasteiger partial charge in [-0.1, -0.05) is 12.1 Å². The zero-order valence-electron chi connectivity index (χ0n) is 14.5. The minimum absolute atomic E-state index is 0.0242. The van der Waals surface area contributed by atoms with Crippen molar-refractivity contribution >= 4 is 11.9 Å². The summed E-state index contributed by atoms with van der Waals surface area (Å²) in [4.78, 5) is 23.7. The number of amides is 1. The van der Waals surface area contributed by atoms with Crippen LogP contribution >= 0.6 is 0 Å². The Morgan fingerprint density at radius 2 is 2.04 bits per heavy atom. The summed E-state index contributed by atoms with van der Waals surface area (Å²) in [7, 11) is 0. The maximum absolute atomic E-state index is 13.0. The average Bonchev–Trinajstić information content (AvgIpc) is 3.35. The Hall–Kier alpha value is -2.77. The number of carbonyl (C=O) groups excluding carboxylic acids is 1. The third-order valence-corrected chi connectivity index (χ3v) is 4.54. The second-order valence-electron chi connectivity index (χ2n) is 6.70. The first-order valence-electron chi connectivity index (χ1n) is 8.43. The number of carboxylic acid groups (broad SMARTS) is 1. The summed E-state index contributed by atoms with van der Waals surface area (Å²) in [5.41, 5.74) is 0.199. The van der Waals surface area contributed by atoms with Crippen LogP contribution in [0.15, 0.2) is 34.9 Å². The molecule has 5 nitrogen and oxygen atoms in total. The van der Waals surface area contributed by atoms with E-state index >= 15 is 0 Å². The summed E-state index contributed by atoms with van der Waals surface area (Å²) >= 11 is 0. The molecule has 1 aromatic carbocycles. The van der Waals surface area contributed by atoms with Gasteiger partial charge in [-0.3, -0.25) is 9.59 Å². The van der Waals surface area contributed by atoms with Crippen LogP contribution in [-0.2, 0) is 17.4 Å². The smallest absolute Gasteiger partial charge is 0.416 e. The lowest BCUT2D eigenvalue weighted by atomic mass is 9.99. The van der Waals surface area contributed by atoms with E-state index in [4.69, 9.17) is 9.52 Å². The van der Waals surface area contributed by atoms with Crippen LogP contribution in [-0.4, -0.2) is 17.0 Å². The number of hydrogen-bond donors (Lipinski definition) is 2. The molecule has 1 saturated carbocycles. The van der Waals surface area contributed by atoms with Gasteiger partial charge in [0.15, 0.2) is 0 Å². The van der Waals surface area contributed by atoms with Crippen LogP contribution in [0.25, 0.3) is 0 Å². The third-order valence-electron chi connectivity index (χ3n) is 4.54. The number of aliphatic carboxylic acids is 1. The summed E-state index contributed by atoms with van der Waals surface area (Å²) in [6, 6.07) is 4.33. The number of hydrogen-bond acceptors (Lipinski definition) is 3. The van der Waals surface area contributed by atoms with Crippen molar-refractivity contribution < 1.29 is 32.3 Å². The molecule has 0 aliphatic heterocycles. The van der Waals surface area contributed by atoms with Gasteiger partial charge in [0.2, 0.25) is 0 Å². The molecular formula is C19H18F3NO4. The fourth-order valence-electron chi connectivity index (χ4n) is 3.10. The lowest BCUT2D eigenvalue weighted by Crippen LogP contribution is -2.31. The van der Waals surface area contributed by atoms with E-state index in [0.29, 0.717) is 11.1 Å². The number of benzene rings is 1. The van der Waals surface area contributed by atoms with Gasteiger partial charge in [0.1, 0.15) is 12.2 Å². The molecule has 2 N–H and O–H groups in total. The fourth-order valence-corrected chi connectivity index (χ4v) is 3.10. The summed E-state index contributed by atoms with van der Waals surface area (Å²) in [6.45, 7) is 1.61. The van der Waals surface area contributed by atoms with E-state index in [0.717, 1.165) is 25.0 Å². The highest BCUT2D eigenvalue weighted by Crippen LogP contribution is 2.42. The number of rotatable bonds is 6. The highest BCUT2D eigenvalue weighted by Gasteiger charge is 2.36. The lowest BCUT2D eigenvalue weighted by Gasteiger charge is -2.20. The van der Waals surface area contributed by atoms with Gasteiger partial charge in [-0.15, -0.1) is 0 Å². The maximum Gasteiger partial charge on any atom is 0.416 e. The van der Waals surface area contributed by atoms with Crippen molar-refractivity contribution in [3.8, 4) is 0 Å². The molecule has 1 amide bonds. The van der Waals surface area contributed by atoms with Crippen LogP contribution in [0.3, 0.4) is 0 Å². The first-order valence-corrected chi connectivity index (χ1v) is 8.43. The Morgan fingerprint density at radius 1 is 1.33 bits per heavy atom. The van der Waals surface area contributed by atoms with Gasteiger partial charge in [-0.2, -0.15) is 13.2 Å². The molecule has 1 aliphatic carbocycles. The zero-order valence-corrected chi connectivity index (χ0v) is 14.5. The highest BCUT2D eigenvalue weighted by atomic mass is 19.4. The Labute approximate surface area is 153 Å². The molecule has 8 heteroatoms. The Kier molecular flexibility index (Phi) is 4.99. The van der Waals surface area contributed by atoms with E-state index in [9.17, 15) is 22.8 Å². The topological polar surface area (TPSA) is 79.5 Å². The van der Waals surface area contributed by atoms with Crippen LogP contribution < -0.4 is 5.32 Å². The van der Waals surface area contributed by atoms with Crippen molar-refractivity contribution in [1.29, 1.82) is 0 Å². The fraction of sp³-hybridized carbons (Fsp3) is 0.368. The van der Waals surface area contributed by atoms with Crippen molar-refractivity contribution in [2.24, 2.45) is 5.92 Å². The zero-order chi connectivity index (χ0) is 19.8. The Balaban J connectivity index is 1.87. The van der Waals surface area contributed by atoms with Crippen LogP contribution in [0.5, 0.6) is 0 Å². The van der Waals surface area contributed by atoms with Gasteiger partial charge in [0, 0.05) is 5.56 Å². The van der Waals surface area contributed by atoms with E-state index in [-0.39, 0.29) is 17.2 Å². The monoisotopic (exact) mass is 381 g/mol. The maximum atomic E-state index is 13.0. The number of carbonyl (C=O) groups is 2. The first kappa shape index (κ1) is 19.0. The van der Waals surface area contributed by atoms with Crippen molar-refractivity contribution in [3.05, 3.63) is 58.5 Å². The molecule has 0 spiro atoms. The molecule has 1 heterocycles. The Morgan fingerprint density at radius 3 is 2.63 bits per heavy atom. The van der Waals surface area contributed by atoms with Crippen molar-refractivity contribution in [2.75, 3.05) is 0 Å². The standard InChI is InChI=1S/C19H18F3NO4/c1-10-9-27-14(8-15(24)25)16(10)18(26)23-17(11-5-6-11)12-3-2-4-13(7-12)19(20,21)22/h2-4,7,9,11,17H,5-6,8H2,1H3,(H,23,26)(H,24,25). The van der Waals surface area contributed by atoms with Crippen LogP contribution in [0.4, 0.5) is 13.2 Å². The second-order valence-corrected chi connectivity index (χ2v) is 6.70. The quantitative estimate of drug-likeness (QED) is 0.789. The van der Waals surface area contributed by atoms with E-state index in [1.807, 2.05) is 0 Å². The molecule has 1 unspecified atom stereocenters. The largest absolute Gasteiger partial charge is 0.481 e. The van der Waals surface area contributed by atoms with E-state index in [1.165, 1.54) is 12.3 Å². The minimum atomic E-state index is -4.47. The molecule has 3 rings (SSSR count). The van der Waals surface area contributed by atoms with Crippen LogP contribution in [0.1, 0.15) is 51.7 Å². The molecule has 1 aliphatic rings. The van der Waals surface area contributed by atoms with Gasteiger partial charge in [-0.25, -0.2) is 0 Å². The third kappa shape index (κ3) is 4.32. The van der Waals surface area contributed by atoms with Gasteiger partial charge in [-0.05, 0) is 43.4 Å².